The van der Waals surface area contributed by atoms with Gasteiger partial charge in [-0.3, -0.25) is 4.79 Å². The van der Waals surface area contributed by atoms with E-state index < -0.39 is 5.97 Å². The van der Waals surface area contributed by atoms with Gasteiger partial charge in [0.05, 0.1) is 6.54 Å². The van der Waals surface area contributed by atoms with Gasteiger partial charge in [-0.2, -0.15) is 0 Å². The number of carbonyl (C=O) groups is 1. The smallest absolute Gasteiger partial charge is 0.317 e. The minimum Gasteiger partial charge on any atom is -0.480 e. The summed E-state index contributed by atoms with van der Waals surface area (Å²) in [6.45, 7) is -0.278. The van der Waals surface area contributed by atoms with Crippen molar-refractivity contribution in [2.75, 3.05) is 6.54 Å². The van der Waals surface area contributed by atoms with Crippen LogP contribution in [0.2, 0.25) is 0 Å². The molecule has 0 unspecified atom stereocenters. The van der Waals surface area contributed by atoms with Gasteiger partial charge >= 0.3 is 5.97 Å². The Morgan fingerprint density at radius 3 is 2.00 bits per heavy atom. The van der Waals surface area contributed by atoms with Crippen LogP contribution in [0.1, 0.15) is 0 Å². The van der Waals surface area contributed by atoms with Crippen molar-refractivity contribution in [3.63, 3.8) is 0 Å². The highest BCUT2D eigenvalue weighted by Crippen LogP contribution is 1.43. The van der Waals surface area contributed by atoms with Crippen LogP contribution in [0.3, 0.4) is 0 Å². The zero-order valence-corrected chi connectivity index (χ0v) is 4.76. The van der Waals surface area contributed by atoms with Crippen molar-refractivity contribution in [1.82, 2.24) is 0 Å². The molecule has 0 aliphatic carbocycles. The molecule has 0 heterocycles. The van der Waals surface area contributed by atoms with E-state index in [9.17, 15) is 4.79 Å². The summed E-state index contributed by atoms with van der Waals surface area (Å²) in [5.41, 5.74) is 4.57. The monoisotopic (exact) mass is 99.0 g/mol. The van der Waals surface area contributed by atoms with Gasteiger partial charge in [0, 0.05) is 23.1 Å². The van der Waals surface area contributed by atoms with Crippen LogP contribution in [0.15, 0.2) is 0 Å². The molecule has 0 bridgehead atoms. The standard InChI is InChI=1S/C2H5NO2.Mg/c3-1-2(4)5;/h1,3H2,(H,4,5);. The molecule has 0 aliphatic heterocycles. The molecule has 6 heavy (non-hydrogen) atoms. The van der Waals surface area contributed by atoms with Crippen LogP contribution < -0.4 is 5.73 Å². The number of carboxylic acids is 1. The van der Waals surface area contributed by atoms with Crippen LogP contribution in [0.25, 0.3) is 0 Å². The van der Waals surface area contributed by atoms with Crippen molar-refractivity contribution in [1.29, 1.82) is 0 Å². The number of hydrogen-bond donors (Lipinski definition) is 2. The van der Waals surface area contributed by atoms with E-state index in [0.29, 0.717) is 0 Å². The largest absolute Gasteiger partial charge is 0.480 e. The normalized spacial score (nSPS) is 6.17. The molecule has 32 valence electrons. The van der Waals surface area contributed by atoms with Gasteiger partial charge in [-0.25, -0.2) is 0 Å². The second-order valence-electron chi connectivity index (χ2n) is 0.598. The zero-order valence-electron chi connectivity index (χ0n) is 3.35. The lowest BCUT2D eigenvalue weighted by Crippen LogP contribution is -2.10. The molecule has 0 spiro atoms. The average molecular weight is 99.4 g/mol. The van der Waals surface area contributed by atoms with Crippen molar-refractivity contribution in [2.24, 2.45) is 5.73 Å². The predicted octanol–water partition coefficient (Wildman–Crippen LogP) is -1.35. The summed E-state index contributed by atoms with van der Waals surface area (Å²) in [5.74, 6) is -0.968. The van der Waals surface area contributed by atoms with Gasteiger partial charge in [0.2, 0.25) is 0 Å². The molecule has 3 nitrogen and oxygen atoms in total. The summed E-state index contributed by atoms with van der Waals surface area (Å²) in [6, 6.07) is 0. The lowest BCUT2D eigenvalue weighted by Gasteiger charge is -1.73. The third-order valence-corrected chi connectivity index (χ3v) is 0.175. The topological polar surface area (TPSA) is 63.3 Å². The summed E-state index contributed by atoms with van der Waals surface area (Å²) >= 11 is 0. The van der Waals surface area contributed by atoms with E-state index in [0.717, 1.165) is 0 Å². The first-order valence-corrected chi connectivity index (χ1v) is 1.19. The molecule has 0 amide bonds. The maximum atomic E-state index is 9.24. The first-order chi connectivity index (χ1) is 2.27. The average Bonchev–Trinajstić information content (AvgIpc) is 1.38. The van der Waals surface area contributed by atoms with Crippen LogP contribution in [0.5, 0.6) is 0 Å². The van der Waals surface area contributed by atoms with Crippen molar-refractivity contribution in [2.45, 2.75) is 0 Å². The molecule has 0 saturated carbocycles. The summed E-state index contributed by atoms with van der Waals surface area (Å²) in [5, 5.41) is 7.60. The van der Waals surface area contributed by atoms with E-state index >= 15 is 0 Å². The SMILES string of the molecule is NCC(=O)O.[Mg]. The summed E-state index contributed by atoms with van der Waals surface area (Å²) in [4.78, 5) is 9.24. The van der Waals surface area contributed by atoms with E-state index in [-0.39, 0.29) is 29.6 Å². The van der Waals surface area contributed by atoms with Crippen LogP contribution in [-0.4, -0.2) is 40.7 Å². The Kier molecular flexibility index (Phi) is 8.23. The van der Waals surface area contributed by atoms with Crippen LogP contribution in [0, 0.1) is 0 Å². The maximum absolute atomic E-state index is 9.24. The van der Waals surface area contributed by atoms with Crippen molar-refractivity contribution in [3.05, 3.63) is 0 Å². The molecule has 0 aromatic rings. The summed E-state index contributed by atoms with van der Waals surface area (Å²) < 4.78 is 0. The van der Waals surface area contributed by atoms with Gasteiger partial charge in [-0.05, 0) is 0 Å². The highest BCUT2D eigenvalue weighted by molar-refractivity contribution is 5.75. The highest BCUT2D eigenvalue weighted by Gasteiger charge is 1.81. The first-order valence-electron chi connectivity index (χ1n) is 1.19. The minimum absolute atomic E-state index is 0. The van der Waals surface area contributed by atoms with Crippen LogP contribution in [-0.2, 0) is 4.79 Å². The Morgan fingerprint density at radius 1 is 1.83 bits per heavy atom. The lowest BCUT2D eigenvalue weighted by atomic mass is 10.7. The van der Waals surface area contributed by atoms with Gasteiger partial charge in [0.15, 0.2) is 0 Å². The van der Waals surface area contributed by atoms with Gasteiger partial charge in [0.25, 0.3) is 0 Å². The summed E-state index contributed by atoms with van der Waals surface area (Å²) in [7, 11) is 0. The van der Waals surface area contributed by atoms with E-state index in [2.05, 4.69) is 5.73 Å². The van der Waals surface area contributed by atoms with Gasteiger partial charge in [0.1, 0.15) is 0 Å². The Hall–Kier alpha value is 0.196. The minimum atomic E-state index is -0.968. The lowest BCUT2D eigenvalue weighted by molar-refractivity contribution is -0.135. The number of rotatable bonds is 1. The maximum Gasteiger partial charge on any atom is 0.317 e. The predicted molar refractivity (Wildman–Crippen MR) is 22.4 cm³/mol. The van der Waals surface area contributed by atoms with Gasteiger partial charge in [-0.1, -0.05) is 0 Å². The van der Waals surface area contributed by atoms with Gasteiger partial charge in [-0.15, -0.1) is 0 Å². The molecule has 0 aliphatic rings. The molecule has 4 heteroatoms. The second-order valence-corrected chi connectivity index (χ2v) is 0.598. The summed E-state index contributed by atoms with van der Waals surface area (Å²) in [6.07, 6.45) is 0. The third-order valence-electron chi connectivity index (χ3n) is 0.175. The highest BCUT2D eigenvalue weighted by atomic mass is 24.3. The zero-order chi connectivity index (χ0) is 4.28. The van der Waals surface area contributed by atoms with E-state index in [1.807, 2.05) is 0 Å². The van der Waals surface area contributed by atoms with E-state index in [4.69, 9.17) is 5.11 Å². The Balaban J connectivity index is 0. The Morgan fingerprint density at radius 2 is 2.00 bits per heavy atom. The number of nitrogens with two attached hydrogens (primary N) is 1. The van der Waals surface area contributed by atoms with Crippen molar-refractivity contribution in [3.8, 4) is 0 Å². The number of carboxylic acid groups (broad SMARTS) is 1. The molecule has 0 aromatic carbocycles. The van der Waals surface area contributed by atoms with Crippen LogP contribution in [0.4, 0.5) is 0 Å². The fraction of sp³-hybridized carbons (Fsp3) is 0.500. The molecule has 0 atom stereocenters. The molecule has 0 aromatic heterocycles. The first kappa shape index (κ1) is 9.50. The molecular formula is C2H5MgNO2. The van der Waals surface area contributed by atoms with E-state index in [1.165, 1.54) is 0 Å². The van der Waals surface area contributed by atoms with Gasteiger partial charge < -0.3 is 10.8 Å². The molecule has 3 N–H and O–H groups in total. The molecular weight excluding hydrogens is 94.3 g/mol. The second kappa shape index (κ2) is 5.20. The number of aliphatic carboxylic acids is 1. The molecule has 0 saturated heterocycles. The molecule has 0 fully saturated rings. The number of hydrogen-bond acceptors (Lipinski definition) is 2. The third kappa shape index (κ3) is 8.89. The Bertz CT molecular complexity index is 46.8. The van der Waals surface area contributed by atoms with Crippen molar-refractivity contribution >= 4 is 29.0 Å². The molecule has 2 radical (unpaired) electrons. The molecule has 0 rings (SSSR count). The van der Waals surface area contributed by atoms with Crippen molar-refractivity contribution < 1.29 is 9.90 Å². The van der Waals surface area contributed by atoms with E-state index in [1.54, 1.807) is 0 Å². The Labute approximate surface area is 51.7 Å². The fourth-order valence-electron chi connectivity index (χ4n) is 0. The fourth-order valence-corrected chi connectivity index (χ4v) is 0. The van der Waals surface area contributed by atoms with Crippen LogP contribution >= 0.6 is 0 Å². The quantitative estimate of drug-likeness (QED) is 0.400.